The summed E-state index contributed by atoms with van der Waals surface area (Å²) in [6.07, 6.45) is 2.39. The van der Waals surface area contributed by atoms with Gasteiger partial charge in [-0.3, -0.25) is 9.59 Å². The second-order valence-electron chi connectivity index (χ2n) is 4.98. The van der Waals surface area contributed by atoms with Crippen molar-refractivity contribution in [2.75, 3.05) is 13.6 Å². The van der Waals surface area contributed by atoms with Crippen LogP contribution < -0.4 is 10.6 Å². The van der Waals surface area contributed by atoms with Crippen LogP contribution in [0.1, 0.15) is 32.6 Å². The van der Waals surface area contributed by atoms with Crippen molar-refractivity contribution in [2.45, 2.75) is 44.7 Å². The standard InChI is InChI=1S/C12H21N3O4/c1-8(3-6-11(17)18)13-12(19)15(2)7-10(16)14-9-4-5-9/h8-9H,3-7H2,1-2H3,(H,13,19)(H,14,16)(H,17,18). The van der Waals surface area contributed by atoms with E-state index >= 15 is 0 Å². The summed E-state index contributed by atoms with van der Waals surface area (Å²) in [6.45, 7) is 1.74. The van der Waals surface area contributed by atoms with Gasteiger partial charge in [-0.25, -0.2) is 4.79 Å². The first-order valence-corrected chi connectivity index (χ1v) is 6.41. The minimum absolute atomic E-state index is 0.00727. The number of likely N-dealkylation sites (N-methyl/N-ethyl adjacent to an activating group) is 1. The van der Waals surface area contributed by atoms with Crippen molar-refractivity contribution in [1.29, 1.82) is 0 Å². The highest BCUT2D eigenvalue weighted by molar-refractivity contribution is 5.84. The van der Waals surface area contributed by atoms with Crippen LogP contribution >= 0.6 is 0 Å². The maximum Gasteiger partial charge on any atom is 0.317 e. The normalized spacial score (nSPS) is 15.5. The number of carbonyl (C=O) groups is 3. The molecule has 0 aromatic heterocycles. The van der Waals surface area contributed by atoms with Crippen LogP contribution in [0.25, 0.3) is 0 Å². The predicted octanol–water partition coefficient (Wildman–Crippen LogP) is 0.160. The van der Waals surface area contributed by atoms with E-state index in [0.717, 1.165) is 12.8 Å². The summed E-state index contributed by atoms with van der Waals surface area (Å²) in [5.74, 6) is -1.06. The second-order valence-corrected chi connectivity index (χ2v) is 4.98. The Morgan fingerprint density at radius 2 is 2.00 bits per heavy atom. The average Bonchev–Trinajstić information content (AvgIpc) is 3.09. The molecule has 0 aromatic rings. The Labute approximate surface area is 112 Å². The molecule has 1 aliphatic rings. The van der Waals surface area contributed by atoms with E-state index in [2.05, 4.69) is 10.6 Å². The molecule has 1 aliphatic carbocycles. The highest BCUT2D eigenvalue weighted by Crippen LogP contribution is 2.18. The van der Waals surface area contributed by atoms with Gasteiger partial charge in [-0.05, 0) is 26.2 Å². The van der Waals surface area contributed by atoms with Crippen LogP contribution in [0.15, 0.2) is 0 Å². The summed E-state index contributed by atoms with van der Waals surface area (Å²) in [5, 5.41) is 14.0. The topological polar surface area (TPSA) is 98.7 Å². The molecular formula is C12H21N3O4. The van der Waals surface area contributed by atoms with Gasteiger partial charge in [0.25, 0.3) is 0 Å². The molecule has 7 heteroatoms. The van der Waals surface area contributed by atoms with E-state index < -0.39 is 5.97 Å². The van der Waals surface area contributed by atoms with Gasteiger partial charge in [0.2, 0.25) is 5.91 Å². The molecule has 3 amide bonds. The Morgan fingerprint density at radius 3 is 2.53 bits per heavy atom. The number of carboxylic acids is 1. The largest absolute Gasteiger partial charge is 0.481 e. The zero-order valence-electron chi connectivity index (χ0n) is 11.3. The Morgan fingerprint density at radius 1 is 1.37 bits per heavy atom. The minimum atomic E-state index is -0.890. The summed E-state index contributed by atoms with van der Waals surface area (Å²) in [5.41, 5.74) is 0. The van der Waals surface area contributed by atoms with Gasteiger partial charge in [-0.1, -0.05) is 0 Å². The smallest absolute Gasteiger partial charge is 0.317 e. The number of carbonyl (C=O) groups excluding carboxylic acids is 2. The molecule has 19 heavy (non-hydrogen) atoms. The van der Waals surface area contributed by atoms with Crippen molar-refractivity contribution in [3.8, 4) is 0 Å². The monoisotopic (exact) mass is 271 g/mol. The highest BCUT2D eigenvalue weighted by atomic mass is 16.4. The molecule has 1 atom stereocenters. The molecule has 108 valence electrons. The fraction of sp³-hybridized carbons (Fsp3) is 0.750. The number of hydrogen-bond acceptors (Lipinski definition) is 3. The van der Waals surface area contributed by atoms with E-state index in [9.17, 15) is 14.4 Å². The Bertz CT molecular complexity index is 355. The van der Waals surface area contributed by atoms with E-state index in [-0.39, 0.29) is 37.0 Å². The van der Waals surface area contributed by atoms with Gasteiger partial charge in [0.1, 0.15) is 6.54 Å². The summed E-state index contributed by atoms with van der Waals surface area (Å²) < 4.78 is 0. The number of amides is 3. The third-order valence-electron chi connectivity index (χ3n) is 2.83. The number of urea groups is 1. The van der Waals surface area contributed by atoms with E-state index in [0.29, 0.717) is 6.42 Å². The Kier molecular flexibility index (Phi) is 5.59. The SMILES string of the molecule is CC(CCC(=O)O)NC(=O)N(C)CC(=O)NC1CC1. The van der Waals surface area contributed by atoms with E-state index in [1.54, 1.807) is 6.92 Å². The molecule has 1 rings (SSSR count). The van der Waals surface area contributed by atoms with Crippen molar-refractivity contribution in [2.24, 2.45) is 0 Å². The number of rotatable bonds is 7. The Balaban J connectivity index is 2.22. The summed E-state index contributed by atoms with van der Waals surface area (Å²) in [7, 11) is 1.53. The zero-order chi connectivity index (χ0) is 14.4. The number of nitrogens with zero attached hydrogens (tertiary/aromatic N) is 1. The number of aliphatic carboxylic acids is 1. The average molecular weight is 271 g/mol. The fourth-order valence-corrected chi connectivity index (χ4v) is 1.52. The van der Waals surface area contributed by atoms with E-state index in [1.807, 2.05) is 0 Å². The van der Waals surface area contributed by atoms with Crippen LogP contribution in [-0.2, 0) is 9.59 Å². The van der Waals surface area contributed by atoms with Gasteiger partial charge in [-0.15, -0.1) is 0 Å². The van der Waals surface area contributed by atoms with Crippen molar-refractivity contribution in [1.82, 2.24) is 15.5 Å². The van der Waals surface area contributed by atoms with Crippen LogP contribution in [0.3, 0.4) is 0 Å². The molecule has 7 nitrogen and oxygen atoms in total. The van der Waals surface area contributed by atoms with E-state index in [4.69, 9.17) is 5.11 Å². The molecule has 0 aromatic carbocycles. The number of nitrogens with one attached hydrogen (secondary N) is 2. The summed E-state index contributed by atoms with van der Waals surface area (Å²) >= 11 is 0. The highest BCUT2D eigenvalue weighted by Gasteiger charge is 2.24. The van der Waals surface area contributed by atoms with Crippen molar-refractivity contribution >= 4 is 17.9 Å². The summed E-state index contributed by atoms with van der Waals surface area (Å²) in [6, 6.07) is -0.333. The zero-order valence-corrected chi connectivity index (χ0v) is 11.3. The quantitative estimate of drug-likeness (QED) is 0.614. The molecule has 0 radical (unpaired) electrons. The molecule has 1 saturated carbocycles. The lowest BCUT2D eigenvalue weighted by atomic mass is 10.2. The summed E-state index contributed by atoms with van der Waals surface area (Å²) in [4.78, 5) is 34.9. The van der Waals surface area contributed by atoms with Crippen LogP contribution in [0, 0.1) is 0 Å². The van der Waals surface area contributed by atoms with Gasteiger partial charge in [0, 0.05) is 25.6 Å². The molecule has 0 saturated heterocycles. The first kappa shape index (κ1) is 15.3. The van der Waals surface area contributed by atoms with Crippen molar-refractivity contribution < 1.29 is 19.5 Å². The lowest BCUT2D eigenvalue weighted by Gasteiger charge is -2.20. The first-order chi connectivity index (χ1) is 8.88. The van der Waals surface area contributed by atoms with Gasteiger partial charge >= 0.3 is 12.0 Å². The maximum atomic E-state index is 11.7. The molecule has 0 spiro atoms. The number of carboxylic acid groups (broad SMARTS) is 1. The fourth-order valence-electron chi connectivity index (χ4n) is 1.52. The third kappa shape index (κ3) is 6.64. The van der Waals surface area contributed by atoms with Gasteiger partial charge in [-0.2, -0.15) is 0 Å². The molecule has 0 aliphatic heterocycles. The van der Waals surface area contributed by atoms with Gasteiger partial charge < -0.3 is 20.6 Å². The molecule has 1 unspecified atom stereocenters. The molecule has 0 bridgehead atoms. The lowest BCUT2D eigenvalue weighted by Crippen LogP contribution is -2.46. The Hall–Kier alpha value is -1.79. The van der Waals surface area contributed by atoms with E-state index in [1.165, 1.54) is 11.9 Å². The minimum Gasteiger partial charge on any atom is -0.481 e. The lowest BCUT2D eigenvalue weighted by molar-refractivity contribution is -0.137. The van der Waals surface area contributed by atoms with Crippen LogP contribution in [-0.4, -0.2) is 53.6 Å². The van der Waals surface area contributed by atoms with Gasteiger partial charge in [0.05, 0.1) is 0 Å². The third-order valence-corrected chi connectivity index (χ3v) is 2.83. The van der Waals surface area contributed by atoms with Crippen LogP contribution in [0.4, 0.5) is 4.79 Å². The van der Waals surface area contributed by atoms with Gasteiger partial charge in [0.15, 0.2) is 0 Å². The maximum absolute atomic E-state index is 11.7. The van der Waals surface area contributed by atoms with Crippen molar-refractivity contribution in [3.63, 3.8) is 0 Å². The van der Waals surface area contributed by atoms with Crippen LogP contribution in [0.2, 0.25) is 0 Å². The van der Waals surface area contributed by atoms with Crippen molar-refractivity contribution in [3.05, 3.63) is 0 Å². The molecular weight excluding hydrogens is 250 g/mol. The second kappa shape index (κ2) is 6.96. The molecule has 1 fully saturated rings. The van der Waals surface area contributed by atoms with Crippen LogP contribution in [0.5, 0.6) is 0 Å². The number of hydrogen-bond donors (Lipinski definition) is 3. The molecule has 3 N–H and O–H groups in total. The first-order valence-electron chi connectivity index (χ1n) is 6.41. The predicted molar refractivity (Wildman–Crippen MR) is 68.7 cm³/mol. The molecule has 0 heterocycles.